The highest BCUT2D eigenvalue weighted by molar-refractivity contribution is 7.92. The monoisotopic (exact) mass is 380 g/mol. The summed E-state index contributed by atoms with van der Waals surface area (Å²) in [5, 5.41) is 3.23. The summed E-state index contributed by atoms with van der Waals surface area (Å²) in [6.45, 7) is 3.44. The van der Waals surface area contributed by atoms with Gasteiger partial charge in [-0.3, -0.25) is 9.52 Å². The molecule has 0 radical (unpaired) electrons. The molecular formula is C21H20N2O3S. The first kappa shape index (κ1) is 18.7. The Bertz CT molecular complexity index is 1060. The van der Waals surface area contributed by atoms with E-state index in [1.807, 2.05) is 37.3 Å². The number of Topliss-reactive ketones (excluding diaryl/α,β-unsaturated/α-hetero) is 1. The molecule has 0 amide bonds. The van der Waals surface area contributed by atoms with E-state index in [-0.39, 0.29) is 10.7 Å². The lowest BCUT2D eigenvalue weighted by Crippen LogP contribution is -2.14. The molecule has 0 aromatic heterocycles. The Morgan fingerprint density at radius 3 is 2.00 bits per heavy atom. The third-order valence-corrected chi connectivity index (χ3v) is 5.45. The lowest BCUT2D eigenvalue weighted by Gasteiger charge is -2.14. The topological polar surface area (TPSA) is 75.3 Å². The molecule has 0 saturated carbocycles. The highest BCUT2D eigenvalue weighted by Crippen LogP contribution is 2.27. The van der Waals surface area contributed by atoms with Gasteiger partial charge in [-0.1, -0.05) is 42.0 Å². The van der Waals surface area contributed by atoms with Gasteiger partial charge in [0.05, 0.1) is 16.3 Å². The van der Waals surface area contributed by atoms with Gasteiger partial charge >= 0.3 is 0 Å². The number of sulfonamides is 1. The van der Waals surface area contributed by atoms with Crippen molar-refractivity contribution >= 4 is 32.9 Å². The predicted molar refractivity (Wildman–Crippen MR) is 108 cm³/mol. The summed E-state index contributed by atoms with van der Waals surface area (Å²) in [5.74, 6) is -0.112. The molecule has 5 nitrogen and oxygen atoms in total. The van der Waals surface area contributed by atoms with Crippen molar-refractivity contribution in [2.45, 2.75) is 18.7 Å². The molecule has 138 valence electrons. The molecule has 6 heteroatoms. The first-order chi connectivity index (χ1) is 12.8. The summed E-state index contributed by atoms with van der Waals surface area (Å²) in [4.78, 5) is 11.5. The molecule has 0 aliphatic heterocycles. The zero-order valence-electron chi connectivity index (χ0n) is 15.1. The average Bonchev–Trinajstić information content (AvgIpc) is 2.65. The quantitative estimate of drug-likeness (QED) is 0.606. The van der Waals surface area contributed by atoms with Crippen LogP contribution in [0, 0.1) is 6.92 Å². The summed E-state index contributed by atoms with van der Waals surface area (Å²) in [6.07, 6.45) is 0. The second-order valence-corrected chi connectivity index (χ2v) is 7.91. The van der Waals surface area contributed by atoms with Gasteiger partial charge in [0, 0.05) is 11.3 Å². The van der Waals surface area contributed by atoms with E-state index in [1.54, 1.807) is 18.2 Å². The summed E-state index contributed by atoms with van der Waals surface area (Å²) in [5.41, 5.74) is 3.55. The third-order valence-electron chi connectivity index (χ3n) is 4.07. The maximum absolute atomic E-state index is 12.7. The number of nitrogens with one attached hydrogen (secondary N) is 2. The summed E-state index contributed by atoms with van der Waals surface area (Å²) >= 11 is 0. The molecule has 3 aromatic rings. The van der Waals surface area contributed by atoms with Crippen LogP contribution in [-0.2, 0) is 10.0 Å². The number of hydrogen-bond acceptors (Lipinski definition) is 4. The number of anilines is 3. The molecule has 0 saturated heterocycles. The fourth-order valence-electron chi connectivity index (χ4n) is 2.55. The van der Waals surface area contributed by atoms with Gasteiger partial charge in [0.1, 0.15) is 0 Å². The zero-order valence-corrected chi connectivity index (χ0v) is 15.9. The van der Waals surface area contributed by atoms with Crippen LogP contribution < -0.4 is 10.0 Å². The lowest BCUT2D eigenvalue weighted by atomic mass is 10.2. The van der Waals surface area contributed by atoms with Crippen LogP contribution in [0.5, 0.6) is 0 Å². The smallest absolute Gasteiger partial charge is 0.261 e. The number of para-hydroxylation sites is 2. The minimum atomic E-state index is -3.78. The van der Waals surface area contributed by atoms with Gasteiger partial charge in [0.15, 0.2) is 5.78 Å². The van der Waals surface area contributed by atoms with Crippen LogP contribution in [0.2, 0.25) is 0 Å². The van der Waals surface area contributed by atoms with Gasteiger partial charge < -0.3 is 5.32 Å². The Labute approximate surface area is 159 Å². The van der Waals surface area contributed by atoms with Crippen LogP contribution >= 0.6 is 0 Å². The van der Waals surface area contributed by atoms with E-state index in [1.165, 1.54) is 31.2 Å². The Hall–Kier alpha value is -3.12. The van der Waals surface area contributed by atoms with Gasteiger partial charge in [-0.05, 0) is 50.2 Å². The minimum absolute atomic E-state index is 0.0950. The summed E-state index contributed by atoms with van der Waals surface area (Å²) in [7, 11) is -3.78. The Morgan fingerprint density at radius 1 is 0.815 bits per heavy atom. The average molecular weight is 380 g/mol. The molecular weight excluding hydrogens is 360 g/mol. The minimum Gasteiger partial charge on any atom is -0.354 e. The van der Waals surface area contributed by atoms with Crippen LogP contribution in [0.1, 0.15) is 22.8 Å². The number of hydrogen-bond donors (Lipinski definition) is 2. The molecule has 3 rings (SSSR count). The van der Waals surface area contributed by atoms with Gasteiger partial charge in [0.2, 0.25) is 0 Å². The van der Waals surface area contributed by atoms with E-state index in [0.717, 1.165) is 11.3 Å². The number of benzene rings is 3. The maximum atomic E-state index is 12.7. The Balaban J connectivity index is 1.86. The molecule has 0 atom stereocenters. The molecule has 0 fully saturated rings. The van der Waals surface area contributed by atoms with Crippen molar-refractivity contribution in [2.24, 2.45) is 0 Å². The van der Waals surface area contributed by atoms with Gasteiger partial charge in [0.25, 0.3) is 10.0 Å². The number of ketones is 1. The first-order valence-corrected chi connectivity index (χ1v) is 9.90. The Morgan fingerprint density at radius 2 is 1.41 bits per heavy atom. The normalized spacial score (nSPS) is 11.0. The first-order valence-electron chi connectivity index (χ1n) is 8.42. The highest BCUT2D eigenvalue weighted by Gasteiger charge is 2.16. The van der Waals surface area contributed by atoms with Gasteiger partial charge in [-0.2, -0.15) is 0 Å². The number of carbonyl (C=O) groups excluding carboxylic acids is 1. The molecule has 0 bridgehead atoms. The SMILES string of the molecule is CC(=O)c1ccc(S(=O)(=O)Nc2ccccc2Nc2ccc(C)cc2)cc1. The van der Waals surface area contributed by atoms with Crippen LogP contribution in [0.25, 0.3) is 0 Å². The molecule has 2 N–H and O–H groups in total. The van der Waals surface area contributed by atoms with E-state index >= 15 is 0 Å². The number of rotatable bonds is 6. The third kappa shape index (κ3) is 4.54. The van der Waals surface area contributed by atoms with E-state index in [4.69, 9.17) is 0 Å². The second-order valence-electron chi connectivity index (χ2n) is 6.22. The fraction of sp³-hybridized carbons (Fsp3) is 0.0952. The molecule has 27 heavy (non-hydrogen) atoms. The fourth-order valence-corrected chi connectivity index (χ4v) is 3.63. The largest absolute Gasteiger partial charge is 0.354 e. The van der Waals surface area contributed by atoms with Gasteiger partial charge in [-0.15, -0.1) is 0 Å². The maximum Gasteiger partial charge on any atom is 0.261 e. The summed E-state index contributed by atoms with van der Waals surface area (Å²) in [6, 6.07) is 20.8. The lowest BCUT2D eigenvalue weighted by molar-refractivity contribution is 0.101. The number of aryl methyl sites for hydroxylation is 1. The molecule has 3 aromatic carbocycles. The van der Waals surface area contributed by atoms with Gasteiger partial charge in [-0.25, -0.2) is 8.42 Å². The zero-order chi connectivity index (χ0) is 19.4. The summed E-state index contributed by atoms with van der Waals surface area (Å²) < 4.78 is 28.0. The Kier molecular flexibility index (Phi) is 5.28. The van der Waals surface area contributed by atoms with Crippen LogP contribution in [0.4, 0.5) is 17.1 Å². The van der Waals surface area contributed by atoms with E-state index in [0.29, 0.717) is 16.9 Å². The van der Waals surface area contributed by atoms with Crippen molar-refractivity contribution in [3.05, 3.63) is 83.9 Å². The molecule has 0 heterocycles. The van der Waals surface area contributed by atoms with Crippen LogP contribution in [0.15, 0.2) is 77.7 Å². The standard InChI is InChI=1S/C21H20N2O3S/c1-15-7-11-18(12-8-15)22-20-5-3-4-6-21(20)23-27(25,26)19-13-9-17(10-14-19)16(2)24/h3-14,22-23H,1-2H3. The van der Waals surface area contributed by atoms with Crippen molar-refractivity contribution in [3.63, 3.8) is 0 Å². The van der Waals surface area contributed by atoms with E-state index in [9.17, 15) is 13.2 Å². The second kappa shape index (κ2) is 7.63. The van der Waals surface area contributed by atoms with Crippen molar-refractivity contribution in [1.82, 2.24) is 0 Å². The van der Waals surface area contributed by atoms with E-state index < -0.39 is 10.0 Å². The highest BCUT2D eigenvalue weighted by atomic mass is 32.2. The van der Waals surface area contributed by atoms with Crippen molar-refractivity contribution in [3.8, 4) is 0 Å². The number of carbonyl (C=O) groups is 1. The molecule has 0 spiro atoms. The van der Waals surface area contributed by atoms with Crippen LogP contribution in [-0.4, -0.2) is 14.2 Å². The molecule has 0 aliphatic rings. The van der Waals surface area contributed by atoms with Crippen LogP contribution in [0.3, 0.4) is 0 Å². The van der Waals surface area contributed by atoms with Crippen molar-refractivity contribution in [2.75, 3.05) is 10.0 Å². The molecule has 0 aliphatic carbocycles. The predicted octanol–water partition coefficient (Wildman–Crippen LogP) is 4.74. The van der Waals surface area contributed by atoms with Crippen molar-refractivity contribution < 1.29 is 13.2 Å². The molecule has 0 unspecified atom stereocenters. The van der Waals surface area contributed by atoms with Crippen molar-refractivity contribution in [1.29, 1.82) is 0 Å². The van der Waals surface area contributed by atoms with E-state index in [2.05, 4.69) is 10.0 Å².